The number of hydrogen-bond donors (Lipinski definition) is 1. The van der Waals surface area contributed by atoms with Crippen molar-refractivity contribution in [2.45, 2.75) is 12.5 Å². The minimum absolute atomic E-state index is 0.126. The van der Waals surface area contributed by atoms with Gasteiger partial charge in [-0.3, -0.25) is 9.59 Å². The first-order chi connectivity index (χ1) is 12.6. The molecular weight excluding hydrogens is 331 g/mol. The lowest BCUT2D eigenvalue weighted by Crippen LogP contribution is -2.37. The smallest absolute Gasteiger partial charge is 0.251 e. The van der Waals surface area contributed by atoms with E-state index in [-0.39, 0.29) is 30.1 Å². The number of rotatable bonds is 3. The number of hydrogen-bond acceptors (Lipinski definition) is 2. The average Bonchev–Trinajstić information content (AvgIpc) is 3.01. The van der Waals surface area contributed by atoms with Crippen molar-refractivity contribution in [3.05, 3.63) is 78.1 Å². The molecule has 0 spiro atoms. The van der Waals surface area contributed by atoms with Crippen molar-refractivity contribution in [3.63, 3.8) is 0 Å². The van der Waals surface area contributed by atoms with Crippen LogP contribution >= 0.6 is 0 Å². The molecule has 0 saturated carbocycles. The van der Waals surface area contributed by atoms with E-state index in [0.29, 0.717) is 17.8 Å². The predicted molar refractivity (Wildman–Crippen MR) is 98.6 cm³/mol. The molecule has 2 amide bonds. The summed E-state index contributed by atoms with van der Waals surface area (Å²) in [4.78, 5) is 26.3. The number of halogens is 1. The van der Waals surface area contributed by atoms with Crippen LogP contribution in [0.15, 0.2) is 66.7 Å². The van der Waals surface area contributed by atoms with Crippen LogP contribution in [-0.2, 0) is 4.79 Å². The summed E-state index contributed by atoms with van der Waals surface area (Å²) in [6.45, 7) is 0.335. The lowest BCUT2D eigenvalue weighted by molar-refractivity contribution is -0.117. The first kappa shape index (κ1) is 16.3. The van der Waals surface area contributed by atoms with E-state index in [9.17, 15) is 14.0 Å². The quantitative estimate of drug-likeness (QED) is 0.787. The van der Waals surface area contributed by atoms with E-state index >= 15 is 0 Å². The van der Waals surface area contributed by atoms with Crippen LogP contribution in [-0.4, -0.2) is 24.4 Å². The first-order valence-corrected chi connectivity index (χ1v) is 8.46. The molecular formula is C21H17FN2O2. The molecule has 0 aromatic heterocycles. The molecule has 1 aliphatic rings. The number of anilines is 1. The van der Waals surface area contributed by atoms with E-state index in [4.69, 9.17) is 0 Å². The van der Waals surface area contributed by atoms with Gasteiger partial charge in [0.1, 0.15) is 5.82 Å². The number of nitrogens with one attached hydrogen (secondary N) is 1. The Balaban J connectivity index is 1.48. The number of nitrogens with zero attached hydrogens (tertiary/aromatic N) is 1. The van der Waals surface area contributed by atoms with Gasteiger partial charge in [0.05, 0.1) is 6.04 Å². The maximum atomic E-state index is 13.4. The molecule has 1 aliphatic heterocycles. The molecule has 5 heteroatoms. The number of fused-ring (bicyclic) bond motifs is 1. The highest BCUT2D eigenvalue weighted by Crippen LogP contribution is 2.23. The summed E-state index contributed by atoms with van der Waals surface area (Å²) in [6, 6.07) is 19.0. The maximum absolute atomic E-state index is 13.4. The Bertz CT molecular complexity index is 1000. The van der Waals surface area contributed by atoms with Crippen LogP contribution in [0.5, 0.6) is 0 Å². The van der Waals surface area contributed by atoms with Crippen LogP contribution < -0.4 is 10.2 Å². The van der Waals surface area contributed by atoms with Gasteiger partial charge in [0.25, 0.3) is 5.91 Å². The monoisotopic (exact) mass is 348 g/mol. The molecule has 130 valence electrons. The highest BCUT2D eigenvalue weighted by atomic mass is 19.1. The predicted octanol–water partition coefficient (Wildman–Crippen LogP) is 3.51. The third-order valence-corrected chi connectivity index (χ3v) is 4.59. The zero-order valence-electron chi connectivity index (χ0n) is 14.0. The van der Waals surface area contributed by atoms with Crippen LogP contribution in [0, 0.1) is 5.82 Å². The molecule has 1 heterocycles. The van der Waals surface area contributed by atoms with Gasteiger partial charge in [-0.15, -0.1) is 0 Å². The maximum Gasteiger partial charge on any atom is 0.251 e. The molecule has 1 saturated heterocycles. The van der Waals surface area contributed by atoms with Gasteiger partial charge in [0, 0.05) is 24.2 Å². The van der Waals surface area contributed by atoms with E-state index in [1.165, 1.54) is 17.0 Å². The standard InChI is InChI=1S/C21H17FN2O2/c22-17-6-3-7-19(11-17)24-13-18(12-20(24)25)23-21(26)16-9-8-14-4-1-2-5-15(14)10-16/h1-11,18H,12-13H2,(H,23,26)/t18-/m0/s1. The van der Waals surface area contributed by atoms with Gasteiger partial charge in [-0.2, -0.15) is 0 Å². The van der Waals surface area contributed by atoms with E-state index in [1.807, 2.05) is 36.4 Å². The molecule has 0 radical (unpaired) electrons. The normalized spacial score (nSPS) is 16.9. The number of carbonyl (C=O) groups is 2. The fourth-order valence-electron chi connectivity index (χ4n) is 3.30. The zero-order valence-corrected chi connectivity index (χ0v) is 14.0. The Morgan fingerprint density at radius 3 is 2.62 bits per heavy atom. The van der Waals surface area contributed by atoms with Gasteiger partial charge in [0.15, 0.2) is 0 Å². The minimum atomic E-state index is -0.390. The SMILES string of the molecule is O=C(N[C@H]1CC(=O)N(c2cccc(F)c2)C1)c1ccc2ccccc2c1. The van der Waals surface area contributed by atoms with Gasteiger partial charge < -0.3 is 10.2 Å². The Morgan fingerprint density at radius 2 is 1.81 bits per heavy atom. The summed E-state index contributed by atoms with van der Waals surface area (Å²) in [5, 5.41) is 4.97. The van der Waals surface area contributed by atoms with E-state index in [0.717, 1.165) is 10.8 Å². The Labute approximate surface area is 150 Å². The molecule has 1 N–H and O–H groups in total. The highest BCUT2D eigenvalue weighted by Gasteiger charge is 2.31. The summed E-state index contributed by atoms with van der Waals surface area (Å²) in [5.74, 6) is -0.729. The van der Waals surface area contributed by atoms with E-state index in [1.54, 1.807) is 18.2 Å². The fraction of sp³-hybridized carbons (Fsp3) is 0.143. The van der Waals surface area contributed by atoms with Crippen molar-refractivity contribution in [2.24, 2.45) is 0 Å². The summed E-state index contributed by atoms with van der Waals surface area (Å²) in [6.07, 6.45) is 0.204. The number of carbonyl (C=O) groups excluding carboxylic acids is 2. The van der Waals surface area contributed by atoms with Gasteiger partial charge in [-0.1, -0.05) is 36.4 Å². The summed E-state index contributed by atoms with van der Waals surface area (Å²) < 4.78 is 13.4. The molecule has 0 bridgehead atoms. The lowest BCUT2D eigenvalue weighted by Gasteiger charge is -2.17. The molecule has 3 aromatic rings. The number of benzene rings is 3. The summed E-state index contributed by atoms with van der Waals surface area (Å²) in [5.41, 5.74) is 1.07. The van der Waals surface area contributed by atoms with Crippen molar-refractivity contribution >= 4 is 28.3 Å². The number of amides is 2. The molecule has 4 rings (SSSR count). The van der Waals surface area contributed by atoms with Crippen molar-refractivity contribution in [1.29, 1.82) is 0 Å². The lowest BCUT2D eigenvalue weighted by atomic mass is 10.1. The Morgan fingerprint density at radius 1 is 1.00 bits per heavy atom. The first-order valence-electron chi connectivity index (χ1n) is 8.46. The largest absolute Gasteiger partial charge is 0.347 e. The van der Waals surface area contributed by atoms with Crippen LogP contribution in [0.1, 0.15) is 16.8 Å². The minimum Gasteiger partial charge on any atom is -0.347 e. The van der Waals surface area contributed by atoms with Crippen LogP contribution in [0.25, 0.3) is 10.8 Å². The Hall–Kier alpha value is -3.21. The van der Waals surface area contributed by atoms with E-state index in [2.05, 4.69) is 5.32 Å². The zero-order chi connectivity index (χ0) is 18.1. The summed E-state index contributed by atoms with van der Waals surface area (Å²) >= 11 is 0. The van der Waals surface area contributed by atoms with Gasteiger partial charge in [-0.25, -0.2) is 4.39 Å². The third-order valence-electron chi connectivity index (χ3n) is 4.59. The van der Waals surface area contributed by atoms with Gasteiger partial charge in [-0.05, 0) is 41.1 Å². The second-order valence-corrected chi connectivity index (χ2v) is 6.42. The summed E-state index contributed by atoms with van der Waals surface area (Å²) in [7, 11) is 0. The average molecular weight is 348 g/mol. The molecule has 3 aromatic carbocycles. The molecule has 1 fully saturated rings. The third kappa shape index (κ3) is 3.16. The molecule has 0 unspecified atom stereocenters. The molecule has 26 heavy (non-hydrogen) atoms. The van der Waals surface area contributed by atoms with Gasteiger partial charge in [0.2, 0.25) is 5.91 Å². The molecule has 4 nitrogen and oxygen atoms in total. The van der Waals surface area contributed by atoms with Crippen LogP contribution in [0.4, 0.5) is 10.1 Å². The van der Waals surface area contributed by atoms with Crippen molar-refractivity contribution in [3.8, 4) is 0 Å². The van der Waals surface area contributed by atoms with Crippen LogP contribution in [0.2, 0.25) is 0 Å². The molecule has 1 atom stereocenters. The van der Waals surface area contributed by atoms with E-state index < -0.39 is 0 Å². The highest BCUT2D eigenvalue weighted by molar-refractivity contribution is 6.00. The second-order valence-electron chi connectivity index (χ2n) is 6.42. The second kappa shape index (κ2) is 6.59. The van der Waals surface area contributed by atoms with Crippen molar-refractivity contribution in [2.75, 3.05) is 11.4 Å². The molecule has 0 aliphatic carbocycles. The van der Waals surface area contributed by atoms with Gasteiger partial charge >= 0.3 is 0 Å². The topological polar surface area (TPSA) is 49.4 Å². The van der Waals surface area contributed by atoms with Crippen LogP contribution in [0.3, 0.4) is 0 Å². The Kier molecular flexibility index (Phi) is 4.13. The van der Waals surface area contributed by atoms with Crippen molar-refractivity contribution in [1.82, 2.24) is 5.32 Å². The fourth-order valence-corrected chi connectivity index (χ4v) is 3.30. The van der Waals surface area contributed by atoms with Crippen molar-refractivity contribution < 1.29 is 14.0 Å².